The zero-order chi connectivity index (χ0) is 13.2. The molecular formula is C15H26ClNS. The van der Waals surface area contributed by atoms with E-state index >= 15 is 0 Å². The molecule has 0 aliphatic heterocycles. The standard InChI is InChI=1S/C15H26ClNS/c1-3-5-6-7-8-9-14(17-11-4-2)15-13(16)10-12-18-15/h10,12,14,17H,3-9,11H2,1-2H3. The Morgan fingerprint density at radius 2 is 1.94 bits per heavy atom. The summed E-state index contributed by atoms with van der Waals surface area (Å²) in [6.07, 6.45) is 9.09. The van der Waals surface area contributed by atoms with Gasteiger partial charge in [0.05, 0.1) is 5.02 Å². The minimum atomic E-state index is 0.457. The van der Waals surface area contributed by atoms with E-state index in [4.69, 9.17) is 11.6 Å². The van der Waals surface area contributed by atoms with Gasteiger partial charge in [-0.25, -0.2) is 0 Å². The third-order valence-electron chi connectivity index (χ3n) is 3.20. The minimum Gasteiger partial charge on any atom is -0.309 e. The molecular weight excluding hydrogens is 262 g/mol. The first-order valence-electron chi connectivity index (χ1n) is 7.25. The lowest BCUT2D eigenvalue weighted by molar-refractivity contribution is 0.473. The van der Waals surface area contributed by atoms with Crippen LogP contribution in [0, 0.1) is 0 Å². The van der Waals surface area contributed by atoms with Crippen LogP contribution in [0.5, 0.6) is 0 Å². The van der Waals surface area contributed by atoms with Crippen molar-refractivity contribution in [2.75, 3.05) is 6.54 Å². The molecule has 0 bridgehead atoms. The Labute approximate surface area is 121 Å². The molecule has 0 saturated heterocycles. The van der Waals surface area contributed by atoms with Gasteiger partial charge >= 0.3 is 0 Å². The molecule has 1 N–H and O–H groups in total. The van der Waals surface area contributed by atoms with Crippen LogP contribution in [-0.4, -0.2) is 6.54 Å². The van der Waals surface area contributed by atoms with Crippen LogP contribution in [0.4, 0.5) is 0 Å². The maximum absolute atomic E-state index is 6.25. The molecule has 1 rings (SSSR count). The molecule has 3 heteroatoms. The van der Waals surface area contributed by atoms with Gasteiger partial charge in [0.25, 0.3) is 0 Å². The SMILES string of the molecule is CCCCCCCC(NCCC)c1sccc1Cl. The molecule has 0 aliphatic rings. The van der Waals surface area contributed by atoms with Gasteiger partial charge in [-0.2, -0.15) is 0 Å². The number of halogens is 1. The molecule has 1 aromatic heterocycles. The molecule has 0 spiro atoms. The predicted octanol–water partition coefficient (Wildman–Crippen LogP) is 5.80. The number of hydrogen-bond donors (Lipinski definition) is 1. The lowest BCUT2D eigenvalue weighted by Crippen LogP contribution is -2.21. The summed E-state index contributed by atoms with van der Waals surface area (Å²) >= 11 is 8.03. The van der Waals surface area contributed by atoms with Gasteiger partial charge in [0.2, 0.25) is 0 Å². The van der Waals surface area contributed by atoms with Crippen molar-refractivity contribution in [3.8, 4) is 0 Å². The van der Waals surface area contributed by atoms with Crippen LogP contribution < -0.4 is 5.32 Å². The predicted molar refractivity (Wildman–Crippen MR) is 83.7 cm³/mol. The quantitative estimate of drug-likeness (QED) is 0.536. The molecule has 1 unspecified atom stereocenters. The Balaban J connectivity index is 2.39. The Morgan fingerprint density at radius 3 is 2.56 bits per heavy atom. The summed E-state index contributed by atoms with van der Waals surface area (Å²) < 4.78 is 0. The third-order valence-corrected chi connectivity index (χ3v) is 4.67. The second-order valence-electron chi connectivity index (χ2n) is 4.84. The molecule has 104 valence electrons. The van der Waals surface area contributed by atoms with Crippen LogP contribution in [0.25, 0.3) is 0 Å². The van der Waals surface area contributed by atoms with Crippen molar-refractivity contribution in [3.05, 3.63) is 21.3 Å². The van der Waals surface area contributed by atoms with Crippen LogP contribution in [0.15, 0.2) is 11.4 Å². The molecule has 1 nitrogen and oxygen atoms in total. The molecule has 0 fully saturated rings. The summed E-state index contributed by atoms with van der Waals surface area (Å²) in [6, 6.07) is 2.47. The topological polar surface area (TPSA) is 12.0 Å². The van der Waals surface area contributed by atoms with E-state index in [0.717, 1.165) is 11.6 Å². The van der Waals surface area contributed by atoms with E-state index in [1.807, 2.05) is 6.07 Å². The van der Waals surface area contributed by atoms with Crippen LogP contribution >= 0.6 is 22.9 Å². The van der Waals surface area contributed by atoms with Crippen LogP contribution in [-0.2, 0) is 0 Å². The molecule has 1 atom stereocenters. The van der Waals surface area contributed by atoms with Crippen molar-refractivity contribution in [2.24, 2.45) is 0 Å². The van der Waals surface area contributed by atoms with Gasteiger partial charge in [-0.05, 0) is 30.8 Å². The fourth-order valence-corrected chi connectivity index (χ4v) is 3.45. The van der Waals surface area contributed by atoms with Gasteiger partial charge in [0.15, 0.2) is 0 Å². The first kappa shape index (κ1) is 16.0. The fraction of sp³-hybridized carbons (Fsp3) is 0.733. The van der Waals surface area contributed by atoms with Gasteiger partial charge in [-0.3, -0.25) is 0 Å². The summed E-state index contributed by atoms with van der Waals surface area (Å²) in [7, 11) is 0. The number of thiophene rings is 1. The fourth-order valence-electron chi connectivity index (χ4n) is 2.15. The van der Waals surface area contributed by atoms with E-state index < -0.39 is 0 Å². The largest absolute Gasteiger partial charge is 0.309 e. The van der Waals surface area contributed by atoms with Gasteiger partial charge in [-0.15, -0.1) is 11.3 Å². The molecule has 0 aliphatic carbocycles. The summed E-state index contributed by atoms with van der Waals surface area (Å²) in [5, 5.41) is 6.65. The lowest BCUT2D eigenvalue weighted by Gasteiger charge is -2.17. The summed E-state index contributed by atoms with van der Waals surface area (Å²) in [6.45, 7) is 5.55. The highest BCUT2D eigenvalue weighted by Crippen LogP contribution is 2.31. The average Bonchev–Trinajstić information content (AvgIpc) is 2.79. The normalized spacial score (nSPS) is 12.8. The molecule has 1 aromatic rings. The highest BCUT2D eigenvalue weighted by Gasteiger charge is 2.14. The first-order chi connectivity index (χ1) is 8.79. The highest BCUT2D eigenvalue weighted by atomic mass is 35.5. The third kappa shape index (κ3) is 5.73. The monoisotopic (exact) mass is 287 g/mol. The van der Waals surface area contributed by atoms with Gasteiger partial charge in [0.1, 0.15) is 0 Å². The van der Waals surface area contributed by atoms with Crippen molar-refractivity contribution in [2.45, 2.75) is 64.8 Å². The maximum Gasteiger partial charge on any atom is 0.0561 e. The van der Waals surface area contributed by atoms with Crippen LogP contribution in [0.2, 0.25) is 5.02 Å². The summed E-state index contributed by atoms with van der Waals surface area (Å²) in [4.78, 5) is 1.32. The van der Waals surface area contributed by atoms with Crippen LogP contribution in [0.1, 0.15) is 69.7 Å². The molecule has 18 heavy (non-hydrogen) atoms. The summed E-state index contributed by atoms with van der Waals surface area (Å²) in [5.74, 6) is 0. The van der Waals surface area contributed by atoms with E-state index in [9.17, 15) is 0 Å². The van der Waals surface area contributed by atoms with Crippen LogP contribution in [0.3, 0.4) is 0 Å². The number of hydrogen-bond acceptors (Lipinski definition) is 2. The van der Waals surface area contributed by atoms with Gasteiger partial charge in [0, 0.05) is 10.9 Å². The van der Waals surface area contributed by atoms with Gasteiger partial charge in [-0.1, -0.05) is 57.6 Å². The molecule has 0 aromatic carbocycles. The average molecular weight is 288 g/mol. The van der Waals surface area contributed by atoms with Gasteiger partial charge < -0.3 is 5.32 Å². The second-order valence-corrected chi connectivity index (χ2v) is 6.20. The Hall–Kier alpha value is -0.0500. The smallest absolute Gasteiger partial charge is 0.0561 e. The maximum atomic E-state index is 6.25. The van der Waals surface area contributed by atoms with Crippen molar-refractivity contribution < 1.29 is 0 Å². The second kappa shape index (κ2) is 9.82. The molecule has 0 amide bonds. The number of nitrogens with one attached hydrogen (secondary N) is 1. The van der Waals surface area contributed by atoms with Crippen molar-refractivity contribution >= 4 is 22.9 Å². The highest BCUT2D eigenvalue weighted by molar-refractivity contribution is 7.10. The Kier molecular flexibility index (Phi) is 8.74. The Bertz CT molecular complexity index is 311. The van der Waals surface area contributed by atoms with Crippen molar-refractivity contribution in [1.29, 1.82) is 0 Å². The van der Waals surface area contributed by atoms with E-state index in [-0.39, 0.29) is 0 Å². The number of rotatable bonds is 10. The zero-order valence-electron chi connectivity index (χ0n) is 11.7. The minimum absolute atomic E-state index is 0.457. The molecule has 0 saturated carbocycles. The Morgan fingerprint density at radius 1 is 1.17 bits per heavy atom. The molecule has 1 heterocycles. The lowest BCUT2D eigenvalue weighted by atomic mass is 10.0. The summed E-state index contributed by atoms with van der Waals surface area (Å²) in [5.41, 5.74) is 0. The van der Waals surface area contributed by atoms with E-state index in [1.165, 1.54) is 49.8 Å². The van der Waals surface area contributed by atoms with Crippen molar-refractivity contribution in [1.82, 2.24) is 5.32 Å². The molecule has 0 radical (unpaired) electrons. The van der Waals surface area contributed by atoms with E-state index in [0.29, 0.717) is 6.04 Å². The zero-order valence-corrected chi connectivity index (χ0v) is 13.2. The first-order valence-corrected chi connectivity index (χ1v) is 8.51. The number of unbranched alkanes of at least 4 members (excludes halogenated alkanes) is 4. The van der Waals surface area contributed by atoms with E-state index in [2.05, 4.69) is 24.5 Å². The van der Waals surface area contributed by atoms with E-state index in [1.54, 1.807) is 11.3 Å². The van der Waals surface area contributed by atoms with Crippen molar-refractivity contribution in [3.63, 3.8) is 0 Å².